The Hall–Kier alpha value is -0.850. The van der Waals surface area contributed by atoms with E-state index in [4.69, 9.17) is 9.73 Å². The van der Waals surface area contributed by atoms with Crippen LogP contribution in [0.25, 0.3) is 0 Å². The number of hydrogen-bond acceptors (Lipinski definition) is 4. The van der Waals surface area contributed by atoms with Gasteiger partial charge in [0.1, 0.15) is 0 Å². The first-order valence-electron chi connectivity index (χ1n) is 8.52. The number of ether oxygens (including phenoxy) is 1. The molecule has 1 aliphatic rings. The lowest BCUT2D eigenvalue weighted by molar-refractivity contribution is 0.0925. The molecule has 0 saturated carbocycles. The molecule has 1 heterocycles. The molecule has 2 N–H and O–H groups in total. The van der Waals surface area contributed by atoms with Crippen molar-refractivity contribution in [2.45, 2.75) is 26.8 Å². The number of guanidine groups is 1. The van der Waals surface area contributed by atoms with Crippen molar-refractivity contribution in [3.05, 3.63) is 0 Å². The van der Waals surface area contributed by atoms with Crippen LogP contribution in [0.2, 0.25) is 0 Å². The van der Waals surface area contributed by atoms with Crippen molar-refractivity contribution >= 4 is 5.96 Å². The van der Waals surface area contributed by atoms with Gasteiger partial charge in [-0.2, -0.15) is 0 Å². The third-order valence-electron chi connectivity index (χ3n) is 4.16. The summed E-state index contributed by atoms with van der Waals surface area (Å²) in [7, 11) is 3.91. The van der Waals surface area contributed by atoms with Gasteiger partial charge in [0.15, 0.2) is 5.96 Å². The summed E-state index contributed by atoms with van der Waals surface area (Å²) in [5, 5.41) is 6.62. The molecule has 1 fully saturated rings. The molecule has 0 spiro atoms. The van der Waals surface area contributed by atoms with Crippen LogP contribution in [-0.4, -0.2) is 88.4 Å². The van der Waals surface area contributed by atoms with Crippen LogP contribution in [-0.2, 0) is 4.74 Å². The fourth-order valence-corrected chi connectivity index (χ4v) is 2.70. The van der Waals surface area contributed by atoms with E-state index in [1.807, 2.05) is 0 Å². The van der Waals surface area contributed by atoms with Crippen LogP contribution < -0.4 is 10.6 Å². The maximum Gasteiger partial charge on any atom is 0.191 e. The summed E-state index contributed by atoms with van der Waals surface area (Å²) in [6.45, 7) is 14.5. The Bertz CT molecular complexity index is 314. The van der Waals surface area contributed by atoms with Crippen molar-refractivity contribution in [3.63, 3.8) is 0 Å². The van der Waals surface area contributed by atoms with E-state index in [1.165, 1.54) is 0 Å². The monoisotopic (exact) mass is 313 g/mol. The summed E-state index contributed by atoms with van der Waals surface area (Å²) in [5.41, 5.74) is 0. The molecule has 6 heteroatoms. The maximum absolute atomic E-state index is 5.08. The first-order valence-corrected chi connectivity index (χ1v) is 8.52. The van der Waals surface area contributed by atoms with Gasteiger partial charge in [-0.3, -0.25) is 9.89 Å². The highest BCUT2D eigenvalue weighted by atomic mass is 16.5. The van der Waals surface area contributed by atoms with Crippen molar-refractivity contribution in [1.29, 1.82) is 0 Å². The first kappa shape index (κ1) is 19.2. The minimum absolute atomic E-state index is 0.506. The molecule has 0 aromatic rings. The van der Waals surface area contributed by atoms with E-state index in [0.717, 1.165) is 51.8 Å². The van der Waals surface area contributed by atoms with Gasteiger partial charge in [0, 0.05) is 52.4 Å². The van der Waals surface area contributed by atoms with Gasteiger partial charge < -0.3 is 20.3 Å². The Morgan fingerprint density at radius 2 is 1.86 bits per heavy atom. The summed E-state index contributed by atoms with van der Waals surface area (Å²) in [6, 6.07) is 0.506. The highest BCUT2D eigenvalue weighted by Gasteiger charge is 2.24. The molecule has 1 rings (SSSR count). The van der Waals surface area contributed by atoms with Gasteiger partial charge in [0.2, 0.25) is 0 Å². The zero-order chi connectivity index (χ0) is 16.4. The molecule has 0 amide bonds. The molecular weight excluding hydrogens is 278 g/mol. The number of piperazine rings is 1. The van der Waals surface area contributed by atoms with Crippen molar-refractivity contribution in [3.8, 4) is 0 Å². The molecule has 0 aliphatic carbocycles. The third-order valence-corrected chi connectivity index (χ3v) is 4.16. The van der Waals surface area contributed by atoms with Crippen LogP contribution in [0.15, 0.2) is 4.99 Å². The van der Waals surface area contributed by atoms with E-state index in [9.17, 15) is 0 Å². The van der Waals surface area contributed by atoms with E-state index in [1.54, 1.807) is 7.11 Å². The molecule has 1 unspecified atom stereocenters. The second-order valence-corrected chi connectivity index (χ2v) is 6.29. The van der Waals surface area contributed by atoms with E-state index in [2.05, 4.69) is 48.3 Å². The molecule has 1 aliphatic heterocycles. The molecule has 0 aromatic heterocycles. The second kappa shape index (κ2) is 10.8. The van der Waals surface area contributed by atoms with E-state index in [0.29, 0.717) is 18.6 Å². The lowest BCUT2D eigenvalue weighted by atomic mass is 10.0. The lowest BCUT2D eigenvalue weighted by Crippen LogP contribution is -2.52. The van der Waals surface area contributed by atoms with Gasteiger partial charge in [0.05, 0.1) is 13.2 Å². The summed E-state index contributed by atoms with van der Waals surface area (Å²) in [5.74, 6) is 1.49. The van der Waals surface area contributed by atoms with E-state index < -0.39 is 0 Å². The summed E-state index contributed by atoms with van der Waals surface area (Å²) < 4.78 is 5.08. The van der Waals surface area contributed by atoms with Crippen molar-refractivity contribution in [1.82, 2.24) is 20.4 Å². The molecule has 22 heavy (non-hydrogen) atoms. The maximum atomic E-state index is 5.08. The van der Waals surface area contributed by atoms with Crippen LogP contribution in [0.1, 0.15) is 20.8 Å². The fourth-order valence-electron chi connectivity index (χ4n) is 2.70. The van der Waals surface area contributed by atoms with Crippen LogP contribution in [0.4, 0.5) is 0 Å². The number of nitrogens with one attached hydrogen (secondary N) is 2. The molecule has 0 radical (unpaired) electrons. The smallest absolute Gasteiger partial charge is 0.191 e. The first-order chi connectivity index (χ1) is 10.6. The van der Waals surface area contributed by atoms with Gasteiger partial charge in [-0.05, 0) is 19.9 Å². The highest BCUT2D eigenvalue weighted by molar-refractivity contribution is 5.79. The van der Waals surface area contributed by atoms with Crippen molar-refractivity contribution in [2.24, 2.45) is 10.9 Å². The molecule has 0 bridgehead atoms. The molecular formula is C16H35N5O. The highest BCUT2D eigenvalue weighted by Crippen LogP contribution is 2.13. The van der Waals surface area contributed by atoms with Gasteiger partial charge in [0.25, 0.3) is 0 Å². The standard InChI is InChI=1S/C16H35N5O/c1-6-17-16(18-7-12-22-5)19-13-15(14(2)3)21-10-8-20(4)9-11-21/h14-15H,6-13H2,1-5H3,(H2,17,18,19). The van der Waals surface area contributed by atoms with Gasteiger partial charge in [-0.25, -0.2) is 0 Å². The van der Waals surface area contributed by atoms with Crippen LogP contribution in [0.5, 0.6) is 0 Å². The van der Waals surface area contributed by atoms with Crippen LogP contribution >= 0.6 is 0 Å². The number of aliphatic imine (C=N–C) groups is 1. The topological polar surface area (TPSA) is 52.1 Å². The van der Waals surface area contributed by atoms with E-state index >= 15 is 0 Å². The van der Waals surface area contributed by atoms with Gasteiger partial charge in [-0.1, -0.05) is 13.8 Å². The number of methoxy groups -OCH3 is 1. The third kappa shape index (κ3) is 6.94. The Balaban J connectivity index is 2.57. The van der Waals surface area contributed by atoms with Gasteiger partial charge in [-0.15, -0.1) is 0 Å². The Labute approximate surface area is 136 Å². The lowest BCUT2D eigenvalue weighted by Gasteiger charge is -2.39. The van der Waals surface area contributed by atoms with Crippen molar-refractivity contribution < 1.29 is 4.74 Å². The van der Waals surface area contributed by atoms with Gasteiger partial charge >= 0.3 is 0 Å². The minimum Gasteiger partial charge on any atom is -0.383 e. The second-order valence-electron chi connectivity index (χ2n) is 6.29. The number of hydrogen-bond donors (Lipinski definition) is 2. The summed E-state index contributed by atoms with van der Waals surface area (Å²) in [6.07, 6.45) is 0. The Morgan fingerprint density at radius 1 is 1.18 bits per heavy atom. The fraction of sp³-hybridized carbons (Fsp3) is 0.938. The SMILES string of the molecule is CCNC(=NCC(C(C)C)N1CCN(C)CC1)NCCOC. The number of rotatable bonds is 8. The largest absolute Gasteiger partial charge is 0.383 e. The zero-order valence-corrected chi connectivity index (χ0v) is 15.1. The van der Waals surface area contributed by atoms with Crippen molar-refractivity contribution in [2.75, 3.05) is 66.6 Å². The Morgan fingerprint density at radius 3 is 2.41 bits per heavy atom. The summed E-state index contributed by atoms with van der Waals surface area (Å²) >= 11 is 0. The average Bonchev–Trinajstić information content (AvgIpc) is 2.49. The average molecular weight is 313 g/mol. The predicted octanol–water partition coefficient (Wildman–Crippen LogP) is 0.460. The molecule has 6 nitrogen and oxygen atoms in total. The Kier molecular flexibility index (Phi) is 9.43. The molecule has 1 atom stereocenters. The predicted molar refractivity (Wildman–Crippen MR) is 93.6 cm³/mol. The normalized spacial score (nSPS) is 19.5. The zero-order valence-electron chi connectivity index (χ0n) is 15.1. The molecule has 130 valence electrons. The molecule has 0 aromatic carbocycles. The van der Waals surface area contributed by atoms with Crippen LogP contribution in [0, 0.1) is 5.92 Å². The number of likely N-dealkylation sites (N-methyl/N-ethyl adjacent to an activating group) is 1. The minimum atomic E-state index is 0.506. The molecule has 1 saturated heterocycles. The van der Waals surface area contributed by atoms with E-state index in [-0.39, 0.29) is 0 Å². The quantitative estimate of drug-likeness (QED) is 0.387. The van der Waals surface area contributed by atoms with Crippen LogP contribution in [0.3, 0.4) is 0 Å². The number of nitrogens with zero attached hydrogens (tertiary/aromatic N) is 3. The summed E-state index contributed by atoms with van der Waals surface area (Å²) in [4.78, 5) is 9.77.